The number of halogens is 2. The van der Waals surface area contributed by atoms with Crippen molar-refractivity contribution in [3.05, 3.63) is 68.1 Å². The highest BCUT2D eigenvalue weighted by Crippen LogP contribution is 2.28. The highest BCUT2D eigenvalue weighted by atomic mass is 79.9. The molecule has 0 aliphatic carbocycles. The summed E-state index contributed by atoms with van der Waals surface area (Å²) in [5.41, 5.74) is 9.78. The smallest absolute Gasteiger partial charge is 0.0482 e. The second-order valence-corrected chi connectivity index (χ2v) is 7.09. The van der Waals surface area contributed by atoms with E-state index in [2.05, 4.69) is 87.1 Å². The van der Waals surface area contributed by atoms with Crippen molar-refractivity contribution in [2.45, 2.75) is 19.5 Å². The second kappa shape index (κ2) is 7.54. The second-order valence-electron chi connectivity index (χ2n) is 5.32. The van der Waals surface area contributed by atoms with Gasteiger partial charge >= 0.3 is 0 Å². The van der Waals surface area contributed by atoms with Crippen molar-refractivity contribution in [2.75, 3.05) is 13.6 Å². The average molecular weight is 412 g/mol. The number of likely N-dealkylation sites (N-methyl/N-ethyl adjacent to an activating group) is 1. The molecule has 0 amide bonds. The summed E-state index contributed by atoms with van der Waals surface area (Å²) in [7, 11) is 2.12. The van der Waals surface area contributed by atoms with E-state index in [0.717, 1.165) is 15.5 Å². The first-order chi connectivity index (χ1) is 10.0. The van der Waals surface area contributed by atoms with Crippen LogP contribution in [0.5, 0.6) is 0 Å². The van der Waals surface area contributed by atoms with Gasteiger partial charge in [0, 0.05) is 28.1 Å². The number of nitrogens with two attached hydrogens (primary N) is 1. The molecule has 0 saturated heterocycles. The van der Waals surface area contributed by atoms with E-state index in [0.29, 0.717) is 6.54 Å². The lowest BCUT2D eigenvalue weighted by atomic mass is 10.0. The van der Waals surface area contributed by atoms with Gasteiger partial charge in [-0.1, -0.05) is 56.1 Å². The van der Waals surface area contributed by atoms with Gasteiger partial charge in [0.15, 0.2) is 0 Å². The lowest BCUT2D eigenvalue weighted by molar-refractivity contribution is 0.241. The third-order valence-electron chi connectivity index (χ3n) is 3.59. The van der Waals surface area contributed by atoms with Crippen LogP contribution in [0, 0.1) is 6.92 Å². The Balaban J connectivity index is 2.20. The van der Waals surface area contributed by atoms with E-state index in [4.69, 9.17) is 5.73 Å². The number of rotatable bonds is 5. The van der Waals surface area contributed by atoms with Gasteiger partial charge in [-0.2, -0.15) is 0 Å². The summed E-state index contributed by atoms with van der Waals surface area (Å²) in [6.07, 6.45) is 0. The minimum absolute atomic E-state index is 0.193. The molecule has 2 aromatic rings. The van der Waals surface area contributed by atoms with Gasteiger partial charge in [0.05, 0.1) is 0 Å². The molecular weight excluding hydrogens is 392 g/mol. The Kier molecular flexibility index (Phi) is 5.99. The normalized spacial score (nSPS) is 12.7. The summed E-state index contributed by atoms with van der Waals surface area (Å²) >= 11 is 7.18. The maximum absolute atomic E-state index is 6.02. The zero-order valence-corrected chi connectivity index (χ0v) is 15.5. The van der Waals surface area contributed by atoms with Gasteiger partial charge in [0.2, 0.25) is 0 Å². The lowest BCUT2D eigenvalue weighted by Gasteiger charge is -2.28. The van der Waals surface area contributed by atoms with Gasteiger partial charge in [0.1, 0.15) is 0 Å². The van der Waals surface area contributed by atoms with Crippen LogP contribution in [-0.4, -0.2) is 18.5 Å². The Morgan fingerprint density at radius 1 is 1.14 bits per heavy atom. The van der Waals surface area contributed by atoms with E-state index >= 15 is 0 Å². The van der Waals surface area contributed by atoms with E-state index in [1.165, 1.54) is 16.7 Å². The summed E-state index contributed by atoms with van der Waals surface area (Å²) < 4.78 is 2.23. The topological polar surface area (TPSA) is 29.3 Å². The molecule has 2 nitrogen and oxygen atoms in total. The van der Waals surface area contributed by atoms with E-state index in [1.807, 2.05) is 6.07 Å². The average Bonchev–Trinajstić information content (AvgIpc) is 2.42. The van der Waals surface area contributed by atoms with E-state index < -0.39 is 0 Å². The Labute approximate surface area is 143 Å². The van der Waals surface area contributed by atoms with Gasteiger partial charge in [-0.05, 0) is 48.9 Å². The minimum atomic E-state index is 0.193. The largest absolute Gasteiger partial charge is 0.329 e. The van der Waals surface area contributed by atoms with Crippen molar-refractivity contribution >= 4 is 31.9 Å². The van der Waals surface area contributed by atoms with E-state index in [1.54, 1.807) is 0 Å². The van der Waals surface area contributed by atoms with Crippen molar-refractivity contribution in [3.63, 3.8) is 0 Å². The molecule has 2 rings (SSSR count). The molecule has 0 aliphatic heterocycles. The van der Waals surface area contributed by atoms with Crippen LogP contribution in [0.1, 0.15) is 22.7 Å². The summed E-state index contributed by atoms with van der Waals surface area (Å²) in [4.78, 5) is 2.29. The van der Waals surface area contributed by atoms with Crippen LogP contribution in [-0.2, 0) is 6.54 Å². The predicted octanol–water partition coefficient (Wildman–Crippen LogP) is 4.65. The molecule has 0 bridgehead atoms. The van der Waals surface area contributed by atoms with Gasteiger partial charge in [-0.15, -0.1) is 0 Å². The highest BCUT2D eigenvalue weighted by molar-refractivity contribution is 9.10. The molecule has 0 aromatic heterocycles. The van der Waals surface area contributed by atoms with Crippen LogP contribution < -0.4 is 5.73 Å². The third-order valence-corrected chi connectivity index (χ3v) is 4.77. The third kappa shape index (κ3) is 4.39. The maximum atomic E-state index is 6.02. The van der Waals surface area contributed by atoms with Gasteiger partial charge in [-0.25, -0.2) is 0 Å². The van der Waals surface area contributed by atoms with Crippen LogP contribution in [0.3, 0.4) is 0 Å². The molecule has 21 heavy (non-hydrogen) atoms. The lowest BCUT2D eigenvalue weighted by Crippen LogP contribution is -2.30. The molecule has 2 aromatic carbocycles. The first-order valence-corrected chi connectivity index (χ1v) is 8.50. The molecule has 0 saturated carbocycles. The molecule has 0 aliphatic rings. The van der Waals surface area contributed by atoms with Crippen molar-refractivity contribution in [3.8, 4) is 0 Å². The predicted molar refractivity (Wildman–Crippen MR) is 96.3 cm³/mol. The monoisotopic (exact) mass is 410 g/mol. The molecule has 0 radical (unpaired) electrons. The van der Waals surface area contributed by atoms with Crippen molar-refractivity contribution in [2.24, 2.45) is 5.73 Å². The van der Waals surface area contributed by atoms with E-state index in [-0.39, 0.29) is 6.04 Å². The fourth-order valence-electron chi connectivity index (χ4n) is 2.48. The molecule has 2 N–H and O–H groups in total. The molecule has 0 fully saturated rings. The van der Waals surface area contributed by atoms with Crippen LogP contribution in [0.4, 0.5) is 0 Å². The molecule has 1 atom stereocenters. The van der Waals surface area contributed by atoms with Crippen molar-refractivity contribution < 1.29 is 0 Å². The standard InChI is InChI=1S/C17H20Br2N2/c1-12-6-7-15(16(19)8-12)17(10-20)21(2)11-13-4-3-5-14(18)9-13/h3-9,17H,10-11,20H2,1-2H3. The Morgan fingerprint density at radius 3 is 2.52 bits per heavy atom. The molecule has 0 spiro atoms. The van der Waals surface area contributed by atoms with Crippen LogP contribution >= 0.6 is 31.9 Å². The van der Waals surface area contributed by atoms with Crippen molar-refractivity contribution in [1.29, 1.82) is 0 Å². The zero-order valence-electron chi connectivity index (χ0n) is 12.3. The molecule has 112 valence electrons. The zero-order chi connectivity index (χ0) is 15.4. The van der Waals surface area contributed by atoms with Gasteiger partial charge < -0.3 is 5.73 Å². The quantitative estimate of drug-likeness (QED) is 0.775. The highest BCUT2D eigenvalue weighted by Gasteiger charge is 2.18. The summed E-state index contributed by atoms with van der Waals surface area (Å²) in [6.45, 7) is 3.55. The number of aryl methyl sites for hydroxylation is 1. The first kappa shape index (κ1) is 16.7. The molecular formula is C17H20Br2N2. The van der Waals surface area contributed by atoms with Crippen LogP contribution in [0.15, 0.2) is 51.4 Å². The number of hydrogen-bond donors (Lipinski definition) is 1. The SMILES string of the molecule is Cc1ccc(C(CN)N(C)Cc2cccc(Br)c2)c(Br)c1. The Hall–Kier alpha value is -0.680. The fourth-order valence-corrected chi connectivity index (χ4v) is 3.68. The van der Waals surface area contributed by atoms with Crippen molar-refractivity contribution in [1.82, 2.24) is 4.90 Å². The summed E-state index contributed by atoms with van der Waals surface area (Å²) in [5.74, 6) is 0. The maximum Gasteiger partial charge on any atom is 0.0482 e. The molecule has 4 heteroatoms. The Morgan fingerprint density at radius 2 is 1.90 bits per heavy atom. The molecule has 1 unspecified atom stereocenters. The van der Waals surface area contributed by atoms with Crippen LogP contribution in [0.25, 0.3) is 0 Å². The molecule has 0 heterocycles. The van der Waals surface area contributed by atoms with Gasteiger partial charge in [-0.3, -0.25) is 4.90 Å². The summed E-state index contributed by atoms with van der Waals surface area (Å²) in [5, 5.41) is 0. The van der Waals surface area contributed by atoms with E-state index in [9.17, 15) is 0 Å². The summed E-state index contributed by atoms with van der Waals surface area (Å²) in [6, 6.07) is 15.0. The number of nitrogens with zero attached hydrogens (tertiary/aromatic N) is 1. The Bertz CT molecular complexity index is 613. The minimum Gasteiger partial charge on any atom is -0.329 e. The first-order valence-electron chi connectivity index (χ1n) is 6.92. The number of hydrogen-bond acceptors (Lipinski definition) is 2. The van der Waals surface area contributed by atoms with Crippen LogP contribution in [0.2, 0.25) is 0 Å². The number of benzene rings is 2. The fraction of sp³-hybridized carbons (Fsp3) is 0.294. The van der Waals surface area contributed by atoms with Gasteiger partial charge in [0.25, 0.3) is 0 Å².